The van der Waals surface area contributed by atoms with Gasteiger partial charge in [-0.3, -0.25) is 9.78 Å². The zero-order chi connectivity index (χ0) is 24.8. The molecule has 2 N–H and O–H groups in total. The van der Waals surface area contributed by atoms with Gasteiger partial charge in [0.2, 0.25) is 5.91 Å². The number of ether oxygens (including phenoxy) is 2. The zero-order valence-corrected chi connectivity index (χ0v) is 20.2. The molecule has 0 saturated carbocycles. The van der Waals surface area contributed by atoms with Gasteiger partial charge in [-0.05, 0) is 59.9 Å². The van der Waals surface area contributed by atoms with Crippen molar-refractivity contribution in [2.45, 2.75) is 32.0 Å². The van der Waals surface area contributed by atoms with Gasteiger partial charge in [0.1, 0.15) is 6.04 Å². The number of aromatic nitrogens is 1. The lowest BCUT2D eigenvalue weighted by Crippen LogP contribution is -2.52. The molecule has 2 aromatic carbocycles. The van der Waals surface area contributed by atoms with Crippen LogP contribution in [0.1, 0.15) is 35.2 Å². The minimum absolute atomic E-state index is 0.254. The average Bonchev–Trinajstić information content (AvgIpc) is 2.91. The average molecular weight is 475 g/mol. The van der Waals surface area contributed by atoms with Crippen molar-refractivity contribution in [2.24, 2.45) is 0 Å². The van der Waals surface area contributed by atoms with Gasteiger partial charge in [-0.25, -0.2) is 4.79 Å². The number of hydrogen-bond donors (Lipinski definition) is 2. The van der Waals surface area contributed by atoms with Gasteiger partial charge in [0, 0.05) is 25.5 Å². The third-order valence-electron chi connectivity index (χ3n) is 6.20. The van der Waals surface area contributed by atoms with E-state index in [0.29, 0.717) is 31.0 Å². The first-order valence-electron chi connectivity index (χ1n) is 11.5. The normalized spacial score (nSPS) is 15.5. The molecule has 3 amide bonds. The number of benzene rings is 2. The molecule has 1 aliphatic heterocycles. The second kappa shape index (κ2) is 10.9. The van der Waals surface area contributed by atoms with Crippen LogP contribution < -0.4 is 20.1 Å². The van der Waals surface area contributed by atoms with E-state index in [-0.39, 0.29) is 18.0 Å². The highest BCUT2D eigenvalue weighted by Crippen LogP contribution is 2.41. The Bertz CT molecular complexity index is 1170. The molecule has 4 rings (SSSR count). The smallest absolute Gasteiger partial charge is 0.318 e. The summed E-state index contributed by atoms with van der Waals surface area (Å²) >= 11 is 0. The molecule has 0 spiro atoms. The van der Waals surface area contributed by atoms with Gasteiger partial charge >= 0.3 is 6.03 Å². The van der Waals surface area contributed by atoms with Crippen molar-refractivity contribution in [3.05, 3.63) is 89.2 Å². The van der Waals surface area contributed by atoms with E-state index in [9.17, 15) is 9.59 Å². The molecule has 182 valence electrons. The standard InChI is InChI=1S/C27H30N4O4/c1-18(26(32)29-17-19-9-12-28-13-10-19)30-27(33)31-14-11-21-15-23(34-2)24(35-3)16-22(21)25(31)20-7-5-4-6-8-20/h4-10,12-13,15-16,18,25H,11,14,17H2,1-3H3,(H,29,32)(H,30,33). The topological polar surface area (TPSA) is 92.8 Å². The van der Waals surface area contributed by atoms with Crippen LogP contribution in [-0.4, -0.2) is 48.6 Å². The number of rotatable bonds is 7. The van der Waals surface area contributed by atoms with E-state index in [2.05, 4.69) is 15.6 Å². The molecule has 2 atom stereocenters. The number of methoxy groups -OCH3 is 2. The highest BCUT2D eigenvalue weighted by molar-refractivity contribution is 5.87. The molecule has 1 aliphatic rings. The van der Waals surface area contributed by atoms with Gasteiger partial charge in [0.25, 0.3) is 0 Å². The molecule has 2 heterocycles. The SMILES string of the molecule is COc1cc2c(cc1OC)C(c1ccccc1)N(C(=O)NC(C)C(=O)NCc1ccncc1)CC2. The summed E-state index contributed by atoms with van der Waals surface area (Å²) in [6.07, 6.45) is 4.01. The fourth-order valence-corrected chi connectivity index (χ4v) is 4.34. The van der Waals surface area contributed by atoms with Crippen molar-refractivity contribution in [1.82, 2.24) is 20.5 Å². The van der Waals surface area contributed by atoms with Crippen LogP contribution in [0, 0.1) is 0 Å². The van der Waals surface area contributed by atoms with Crippen molar-refractivity contribution in [3.8, 4) is 11.5 Å². The zero-order valence-electron chi connectivity index (χ0n) is 20.2. The minimum Gasteiger partial charge on any atom is -0.493 e. The fraction of sp³-hybridized carbons (Fsp3) is 0.296. The van der Waals surface area contributed by atoms with Crippen LogP contribution in [0.2, 0.25) is 0 Å². The van der Waals surface area contributed by atoms with Crippen molar-refractivity contribution in [2.75, 3.05) is 20.8 Å². The Morgan fingerprint density at radius 3 is 2.43 bits per heavy atom. The number of fused-ring (bicyclic) bond motifs is 1. The predicted molar refractivity (Wildman–Crippen MR) is 132 cm³/mol. The Kier molecular flexibility index (Phi) is 7.50. The Morgan fingerprint density at radius 2 is 1.74 bits per heavy atom. The van der Waals surface area contributed by atoms with Crippen LogP contribution in [0.4, 0.5) is 4.79 Å². The number of nitrogens with one attached hydrogen (secondary N) is 2. The molecule has 0 saturated heterocycles. The van der Waals surface area contributed by atoms with E-state index in [1.807, 2.05) is 54.6 Å². The number of pyridine rings is 1. The maximum atomic E-state index is 13.4. The lowest BCUT2D eigenvalue weighted by molar-refractivity contribution is -0.122. The number of hydrogen-bond acceptors (Lipinski definition) is 5. The lowest BCUT2D eigenvalue weighted by atomic mass is 9.88. The molecule has 0 fully saturated rings. The van der Waals surface area contributed by atoms with E-state index in [0.717, 1.165) is 22.3 Å². The monoisotopic (exact) mass is 474 g/mol. The van der Waals surface area contributed by atoms with Gasteiger partial charge in [0.15, 0.2) is 11.5 Å². The second-order valence-corrected chi connectivity index (χ2v) is 8.41. The molecule has 8 nitrogen and oxygen atoms in total. The summed E-state index contributed by atoms with van der Waals surface area (Å²) in [5.41, 5.74) is 3.99. The minimum atomic E-state index is -0.701. The van der Waals surface area contributed by atoms with E-state index >= 15 is 0 Å². The van der Waals surface area contributed by atoms with Crippen molar-refractivity contribution in [3.63, 3.8) is 0 Å². The highest BCUT2D eigenvalue weighted by atomic mass is 16.5. The first kappa shape index (κ1) is 24.1. The highest BCUT2D eigenvalue weighted by Gasteiger charge is 2.34. The molecular weight excluding hydrogens is 444 g/mol. The molecule has 2 unspecified atom stereocenters. The molecule has 0 aliphatic carbocycles. The number of carbonyl (C=O) groups excluding carboxylic acids is 2. The van der Waals surface area contributed by atoms with E-state index in [1.165, 1.54) is 0 Å². The maximum absolute atomic E-state index is 13.4. The lowest BCUT2D eigenvalue weighted by Gasteiger charge is -2.38. The number of amides is 3. The van der Waals surface area contributed by atoms with E-state index < -0.39 is 6.04 Å². The summed E-state index contributed by atoms with van der Waals surface area (Å²) in [7, 11) is 3.21. The van der Waals surface area contributed by atoms with Crippen LogP contribution in [0.5, 0.6) is 11.5 Å². The molecule has 8 heteroatoms. The van der Waals surface area contributed by atoms with Gasteiger partial charge in [0.05, 0.1) is 20.3 Å². The largest absolute Gasteiger partial charge is 0.493 e. The number of carbonyl (C=O) groups is 2. The summed E-state index contributed by atoms with van der Waals surface area (Å²) in [6, 6.07) is 16.1. The first-order valence-corrected chi connectivity index (χ1v) is 11.5. The summed E-state index contributed by atoms with van der Waals surface area (Å²) in [6.45, 7) is 2.55. The fourth-order valence-electron chi connectivity index (χ4n) is 4.34. The number of urea groups is 1. The van der Waals surface area contributed by atoms with Crippen LogP contribution in [0.3, 0.4) is 0 Å². The summed E-state index contributed by atoms with van der Waals surface area (Å²) in [5.74, 6) is 1.02. The van der Waals surface area contributed by atoms with Crippen LogP contribution in [-0.2, 0) is 17.8 Å². The van der Waals surface area contributed by atoms with E-state index in [4.69, 9.17) is 9.47 Å². The maximum Gasteiger partial charge on any atom is 0.318 e. The Labute approximate surface area is 205 Å². The summed E-state index contributed by atoms with van der Waals surface area (Å²) in [4.78, 5) is 31.8. The first-order chi connectivity index (χ1) is 17.0. The van der Waals surface area contributed by atoms with Gasteiger partial charge in [-0.15, -0.1) is 0 Å². The second-order valence-electron chi connectivity index (χ2n) is 8.41. The van der Waals surface area contributed by atoms with Gasteiger partial charge in [-0.2, -0.15) is 0 Å². The molecular formula is C27H30N4O4. The van der Waals surface area contributed by atoms with Crippen LogP contribution in [0.25, 0.3) is 0 Å². The van der Waals surface area contributed by atoms with Crippen LogP contribution in [0.15, 0.2) is 67.0 Å². The van der Waals surface area contributed by atoms with Gasteiger partial charge in [-0.1, -0.05) is 30.3 Å². The van der Waals surface area contributed by atoms with Crippen molar-refractivity contribution < 1.29 is 19.1 Å². The number of nitrogens with zero attached hydrogens (tertiary/aromatic N) is 2. The Morgan fingerprint density at radius 1 is 1.06 bits per heavy atom. The summed E-state index contributed by atoms with van der Waals surface area (Å²) in [5, 5.41) is 5.74. The van der Waals surface area contributed by atoms with Crippen molar-refractivity contribution in [1.29, 1.82) is 0 Å². The Balaban J connectivity index is 1.55. The molecule has 1 aromatic heterocycles. The van der Waals surface area contributed by atoms with Gasteiger partial charge < -0.3 is 25.0 Å². The predicted octanol–water partition coefficient (Wildman–Crippen LogP) is 3.46. The summed E-state index contributed by atoms with van der Waals surface area (Å²) < 4.78 is 11.0. The van der Waals surface area contributed by atoms with E-state index in [1.54, 1.807) is 38.4 Å². The molecule has 0 radical (unpaired) electrons. The van der Waals surface area contributed by atoms with Crippen molar-refractivity contribution >= 4 is 11.9 Å². The molecule has 3 aromatic rings. The van der Waals surface area contributed by atoms with Crippen LogP contribution >= 0.6 is 0 Å². The quantitative estimate of drug-likeness (QED) is 0.547. The third-order valence-corrected chi connectivity index (χ3v) is 6.20. The molecule has 35 heavy (non-hydrogen) atoms. The Hall–Kier alpha value is -4.07. The molecule has 0 bridgehead atoms. The third kappa shape index (κ3) is 5.37.